The molecule has 1 saturated heterocycles. The van der Waals surface area contributed by atoms with Crippen LogP contribution in [-0.4, -0.2) is 46.1 Å². The number of aryl methyl sites for hydroxylation is 1. The third-order valence-corrected chi connectivity index (χ3v) is 6.32. The molecule has 7 nitrogen and oxygen atoms in total. The van der Waals surface area contributed by atoms with E-state index in [0.29, 0.717) is 24.3 Å². The molecule has 0 spiro atoms. The third-order valence-electron chi connectivity index (χ3n) is 6.32. The molecule has 192 valence electrons. The highest BCUT2D eigenvalue weighted by Gasteiger charge is 2.35. The number of fused-ring (bicyclic) bond motifs is 1. The molecule has 0 saturated carbocycles. The first-order valence-electron chi connectivity index (χ1n) is 11.9. The maximum Gasteiger partial charge on any atom is 0.416 e. The van der Waals surface area contributed by atoms with Crippen molar-refractivity contribution in [2.45, 2.75) is 58.5 Å². The van der Waals surface area contributed by atoms with E-state index in [4.69, 9.17) is 4.74 Å². The predicted octanol–water partition coefficient (Wildman–Crippen LogP) is 5.06. The van der Waals surface area contributed by atoms with Gasteiger partial charge in [-0.25, -0.2) is 4.98 Å². The van der Waals surface area contributed by atoms with Gasteiger partial charge in [0.25, 0.3) is 11.5 Å². The molecule has 3 aromatic rings. The minimum absolute atomic E-state index is 0.00925. The predicted molar refractivity (Wildman–Crippen MR) is 131 cm³/mol. The van der Waals surface area contributed by atoms with E-state index in [1.165, 1.54) is 13.0 Å². The van der Waals surface area contributed by atoms with Crippen LogP contribution in [0.2, 0.25) is 0 Å². The van der Waals surface area contributed by atoms with Gasteiger partial charge in [-0.2, -0.15) is 13.2 Å². The summed E-state index contributed by atoms with van der Waals surface area (Å²) in [5.41, 5.74) is -0.394. The largest absolute Gasteiger partial charge is 0.416 e. The molecule has 2 heterocycles. The van der Waals surface area contributed by atoms with Crippen LogP contribution >= 0.6 is 0 Å². The van der Waals surface area contributed by atoms with E-state index < -0.39 is 23.3 Å². The summed E-state index contributed by atoms with van der Waals surface area (Å²) in [6.07, 6.45) is -3.86. The van der Waals surface area contributed by atoms with Crippen molar-refractivity contribution in [1.82, 2.24) is 14.9 Å². The van der Waals surface area contributed by atoms with Crippen LogP contribution < -0.4 is 10.9 Å². The number of hydrogen-bond donors (Lipinski definition) is 2. The molecule has 2 N–H and O–H groups in total. The van der Waals surface area contributed by atoms with Crippen LogP contribution in [0, 0.1) is 6.92 Å². The van der Waals surface area contributed by atoms with Crippen molar-refractivity contribution in [1.29, 1.82) is 0 Å². The van der Waals surface area contributed by atoms with Gasteiger partial charge >= 0.3 is 6.18 Å². The van der Waals surface area contributed by atoms with E-state index in [1.54, 1.807) is 36.1 Å². The normalized spacial score (nSPS) is 19.7. The minimum Gasteiger partial charge on any atom is -0.379 e. The molecule has 0 aliphatic carbocycles. The Hall–Kier alpha value is -3.40. The summed E-state index contributed by atoms with van der Waals surface area (Å²) in [4.78, 5) is 33.7. The number of anilines is 1. The lowest BCUT2D eigenvalue weighted by atomic mass is 9.98. The first-order chi connectivity index (χ1) is 16.9. The monoisotopic (exact) mass is 502 g/mol. The van der Waals surface area contributed by atoms with Gasteiger partial charge in [0.1, 0.15) is 5.82 Å². The molecule has 36 heavy (non-hydrogen) atoms. The SMILES string of the molecule is Cc1nc2cc(C(F)(F)F)c([C@H](C)Nc3ccc(C(=O)N4CC[C@@H](C)O[C@H](C)C4)cc3)cc2c(=O)[nH]1. The maximum absolute atomic E-state index is 13.9. The number of nitrogens with zero attached hydrogens (tertiary/aromatic N) is 2. The summed E-state index contributed by atoms with van der Waals surface area (Å²) in [6, 6.07) is 8.01. The van der Waals surface area contributed by atoms with Crippen LogP contribution in [0.15, 0.2) is 41.2 Å². The standard InChI is InChI=1S/C26H29F3N4O3/c1-14-9-10-33(13-15(2)36-14)25(35)18-5-7-19(8-6-18)30-16(3)20-11-21-23(12-22(20)26(27,28)29)31-17(4)32-24(21)34/h5-8,11-12,14-16,30H,9-10,13H2,1-4H3,(H,31,32,34)/t14-,15-,16+/m1/s1. The molecule has 2 aromatic carbocycles. The first kappa shape index (κ1) is 25.7. The molecule has 10 heteroatoms. The number of hydrogen-bond acceptors (Lipinski definition) is 5. The zero-order chi connectivity index (χ0) is 26.2. The van der Waals surface area contributed by atoms with E-state index in [9.17, 15) is 22.8 Å². The van der Waals surface area contributed by atoms with Gasteiger partial charge in [0.15, 0.2) is 0 Å². The Labute approximate surface area is 206 Å². The summed E-state index contributed by atoms with van der Waals surface area (Å²) in [6.45, 7) is 8.11. The second kappa shape index (κ2) is 9.93. The molecular formula is C26H29F3N4O3. The van der Waals surface area contributed by atoms with Crippen LogP contribution in [0.25, 0.3) is 10.9 Å². The minimum atomic E-state index is -4.63. The Balaban J connectivity index is 1.57. The van der Waals surface area contributed by atoms with Crippen molar-refractivity contribution in [3.8, 4) is 0 Å². The Morgan fingerprint density at radius 3 is 2.56 bits per heavy atom. The number of ether oxygens (including phenoxy) is 1. The number of benzene rings is 2. The second-order valence-electron chi connectivity index (χ2n) is 9.35. The van der Waals surface area contributed by atoms with Crippen molar-refractivity contribution in [3.05, 3.63) is 69.3 Å². The highest BCUT2D eigenvalue weighted by molar-refractivity contribution is 5.94. The first-order valence-corrected chi connectivity index (χ1v) is 11.9. The molecule has 0 unspecified atom stereocenters. The van der Waals surface area contributed by atoms with Crippen LogP contribution in [0.4, 0.5) is 18.9 Å². The Kier molecular flexibility index (Phi) is 7.08. The van der Waals surface area contributed by atoms with Gasteiger partial charge in [-0.1, -0.05) is 0 Å². The number of aromatic nitrogens is 2. The number of H-pyrrole nitrogens is 1. The Morgan fingerprint density at radius 2 is 1.89 bits per heavy atom. The zero-order valence-electron chi connectivity index (χ0n) is 20.6. The van der Waals surface area contributed by atoms with Crippen molar-refractivity contribution in [3.63, 3.8) is 0 Å². The Morgan fingerprint density at radius 1 is 1.19 bits per heavy atom. The fraction of sp³-hybridized carbons (Fsp3) is 0.423. The highest BCUT2D eigenvalue weighted by Crippen LogP contribution is 2.37. The highest BCUT2D eigenvalue weighted by atomic mass is 19.4. The quantitative estimate of drug-likeness (QED) is 0.521. The lowest BCUT2D eigenvalue weighted by Crippen LogP contribution is -2.35. The van der Waals surface area contributed by atoms with E-state index in [1.807, 2.05) is 13.8 Å². The van der Waals surface area contributed by atoms with Gasteiger partial charge in [-0.15, -0.1) is 0 Å². The number of nitrogens with one attached hydrogen (secondary N) is 2. The molecule has 0 bridgehead atoms. The van der Waals surface area contributed by atoms with E-state index in [0.717, 1.165) is 12.5 Å². The summed E-state index contributed by atoms with van der Waals surface area (Å²) < 4.78 is 47.4. The van der Waals surface area contributed by atoms with Gasteiger partial charge < -0.3 is 19.9 Å². The smallest absolute Gasteiger partial charge is 0.379 e. The van der Waals surface area contributed by atoms with Crippen molar-refractivity contribution < 1.29 is 22.7 Å². The second-order valence-corrected chi connectivity index (χ2v) is 9.35. The Bertz CT molecular complexity index is 1320. The number of rotatable bonds is 4. The van der Waals surface area contributed by atoms with Crippen LogP contribution in [0.5, 0.6) is 0 Å². The molecule has 1 fully saturated rings. The number of aromatic amines is 1. The molecule has 1 aromatic heterocycles. The molecule has 1 aliphatic heterocycles. The van der Waals surface area contributed by atoms with Crippen molar-refractivity contribution >= 4 is 22.5 Å². The zero-order valence-corrected chi connectivity index (χ0v) is 20.6. The molecule has 3 atom stereocenters. The van der Waals surface area contributed by atoms with E-state index >= 15 is 0 Å². The lowest BCUT2D eigenvalue weighted by Gasteiger charge is -2.23. The van der Waals surface area contributed by atoms with E-state index in [-0.39, 0.29) is 40.4 Å². The lowest BCUT2D eigenvalue weighted by molar-refractivity contribution is -0.138. The topological polar surface area (TPSA) is 87.3 Å². The van der Waals surface area contributed by atoms with Gasteiger partial charge in [0.2, 0.25) is 0 Å². The number of halogens is 3. The van der Waals surface area contributed by atoms with Crippen LogP contribution in [0.3, 0.4) is 0 Å². The summed E-state index contributed by atoms with van der Waals surface area (Å²) >= 11 is 0. The maximum atomic E-state index is 13.9. The summed E-state index contributed by atoms with van der Waals surface area (Å²) in [5.74, 6) is 0.126. The van der Waals surface area contributed by atoms with E-state index in [2.05, 4.69) is 15.3 Å². The average Bonchev–Trinajstić information content (AvgIpc) is 2.97. The van der Waals surface area contributed by atoms with Gasteiger partial charge in [0.05, 0.1) is 28.7 Å². The van der Waals surface area contributed by atoms with Crippen molar-refractivity contribution in [2.75, 3.05) is 18.4 Å². The van der Waals surface area contributed by atoms with Crippen LogP contribution in [-0.2, 0) is 10.9 Å². The molecule has 1 aliphatic rings. The number of alkyl halides is 3. The van der Waals surface area contributed by atoms with Crippen molar-refractivity contribution in [2.24, 2.45) is 0 Å². The third kappa shape index (κ3) is 5.53. The number of carbonyl (C=O) groups excluding carboxylic acids is 1. The molecule has 4 rings (SSSR count). The van der Waals surface area contributed by atoms with Gasteiger partial charge in [0, 0.05) is 30.4 Å². The average molecular weight is 503 g/mol. The van der Waals surface area contributed by atoms with Gasteiger partial charge in [-0.05, 0) is 76.1 Å². The van der Waals surface area contributed by atoms with Crippen LogP contribution in [0.1, 0.15) is 60.5 Å². The fourth-order valence-corrected chi connectivity index (χ4v) is 4.57. The number of amides is 1. The summed E-state index contributed by atoms with van der Waals surface area (Å²) in [7, 11) is 0. The molecule has 1 amide bonds. The summed E-state index contributed by atoms with van der Waals surface area (Å²) in [5, 5.41) is 3.14. The van der Waals surface area contributed by atoms with Gasteiger partial charge in [-0.3, -0.25) is 9.59 Å². The molecular weight excluding hydrogens is 473 g/mol. The molecule has 0 radical (unpaired) electrons. The number of carbonyl (C=O) groups is 1. The fourth-order valence-electron chi connectivity index (χ4n) is 4.57.